The maximum Gasteiger partial charge on any atom is 0.146 e. The fraction of sp³-hybridized carbons (Fsp3) is 0.154. The molecule has 3 N–H and O–H groups in total. The van der Waals surface area contributed by atoms with E-state index in [1.807, 2.05) is 42.7 Å². The number of pyridine rings is 1. The van der Waals surface area contributed by atoms with Crippen molar-refractivity contribution in [2.45, 2.75) is 11.5 Å². The molecule has 0 atom stereocenters. The lowest BCUT2D eigenvalue weighted by molar-refractivity contribution is 0.299. The average Bonchev–Trinajstić information content (AvgIpc) is 2.45. The van der Waals surface area contributed by atoms with E-state index in [0.717, 1.165) is 16.2 Å². The second-order valence-electron chi connectivity index (χ2n) is 3.60. The first kappa shape index (κ1) is 12.7. The molecule has 0 unspecified atom stereocenters. The summed E-state index contributed by atoms with van der Waals surface area (Å²) in [5.74, 6) is 6.91. The molecule has 18 heavy (non-hydrogen) atoms. The van der Waals surface area contributed by atoms with Gasteiger partial charge >= 0.3 is 0 Å². The molecule has 0 aliphatic heterocycles. The second-order valence-corrected chi connectivity index (χ2v) is 4.44. The number of aromatic nitrogens is 1. The molecule has 0 radical (unpaired) electrons. The minimum absolute atomic E-state index is 0.435. The van der Waals surface area contributed by atoms with Gasteiger partial charge in [-0.3, -0.25) is 0 Å². The van der Waals surface area contributed by atoms with Gasteiger partial charge in [0.05, 0.1) is 0 Å². The third-order valence-corrected chi connectivity index (χ3v) is 3.26. The third kappa shape index (κ3) is 2.94. The number of para-hydroxylation sites is 1. The summed E-state index contributed by atoms with van der Waals surface area (Å²) in [4.78, 5) is 5.25. The fourth-order valence-electron chi connectivity index (χ4n) is 1.58. The standard InChI is InChI=1S/C13H15N3OS/c1-18-12-7-3-2-6-11(12)17-9-10-5-4-8-15-13(10)16-14/h2-8H,9,14H2,1H3,(H,15,16). The van der Waals surface area contributed by atoms with Gasteiger partial charge in [-0.1, -0.05) is 18.2 Å². The number of anilines is 1. The number of thioether (sulfide) groups is 1. The van der Waals surface area contributed by atoms with E-state index >= 15 is 0 Å². The Bertz CT molecular complexity index is 472. The minimum Gasteiger partial charge on any atom is -0.488 e. The Balaban J connectivity index is 2.11. The van der Waals surface area contributed by atoms with E-state index in [1.54, 1.807) is 18.0 Å². The quantitative estimate of drug-likeness (QED) is 0.492. The Kier molecular flexibility index (Phi) is 4.44. The Morgan fingerprint density at radius 1 is 1.28 bits per heavy atom. The molecular formula is C13H15N3OS. The first-order chi connectivity index (χ1) is 8.85. The van der Waals surface area contributed by atoms with Gasteiger partial charge < -0.3 is 10.2 Å². The molecule has 1 aromatic heterocycles. The normalized spacial score (nSPS) is 10.1. The molecule has 1 aromatic carbocycles. The van der Waals surface area contributed by atoms with E-state index in [0.29, 0.717) is 12.4 Å². The fourth-order valence-corrected chi connectivity index (χ4v) is 2.12. The smallest absolute Gasteiger partial charge is 0.146 e. The van der Waals surface area contributed by atoms with Gasteiger partial charge in [0.15, 0.2) is 0 Å². The zero-order chi connectivity index (χ0) is 12.8. The summed E-state index contributed by atoms with van der Waals surface area (Å²) in [6.45, 7) is 0.435. The van der Waals surface area contributed by atoms with Gasteiger partial charge in [-0.15, -0.1) is 11.8 Å². The van der Waals surface area contributed by atoms with Crippen molar-refractivity contribution in [1.82, 2.24) is 4.98 Å². The van der Waals surface area contributed by atoms with Crippen molar-refractivity contribution in [1.29, 1.82) is 0 Å². The summed E-state index contributed by atoms with van der Waals surface area (Å²) in [5.41, 5.74) is 3.49. The van der Waals surface area contributed by atoms with Crippen LogP contribution in [0.1, 0.15) is 5.56 Å². The van der Waals surface area contributed by atoms with Crippen molar-refractivity contribution < 1.29 is 4.74 Å². The van der Waals surface area contributed by atoms with E-state index in [2.05, 4.69) is 10.4 Å². The summed E-state index contributed by atoms with van der Waals surface area (Å²) in [6.07, 6.45) is 3.72. The Morgan fingerprint density at radius 3 is 2.89 bits per heavy atom. The number of nitrogens with one attached hydrogen (secondary N) is 1. The number of rotatable bonds is 5. The number of ether oxygens (including phenoxy) is 1. The molecule has 0 aliphatic carbocycles. The Morgan fingerprint density at radius 2 is 2.11 bits per heavy atom. The molecule has 0 saturated heterocycles. The highest BCUT2D eigenvalue weighted by molar-refractivity contribution is 7.98. The lowest BCUT2D eigenvalue weighted by atomic mass is 10.2. The molecule has 0 aliphatic rings. The van der Waals surface area contributed by atoms with Crippen LogP contribution in [0.3, 0.4) is 0 Å². The number of nitrogens with two attached hydrogens (primary N) is 1. The van der Waals surface area contributed by atoms with Gasteiger partial charge in [-0.25, -0.2) is 10.8 Å². The lowest BCUT2D eigenvalue weighted by Gasteiger charge is -2.11. The zero-order valence-electron chi connectivity index (χ0n) is 10.1. The molecule has 2 aromatic rings. The molecule has 1 heterocycles. The van der Waals surface area contributed by atoms with Crippen LogP contribution in [0.2, 0.25) is 0 Å². The molecule has 0 amide bonds. The zero-order valence-corrected chi connectivity index (χ0v) is 10.9. The average molecular weight is 261 g/mol. The Hall–Kier alpha value is -1.72. The molecule has 94 valence electrons. The number of hydrogen-bond acceptors (Lipinski definition) is 5. The van der Waals surface area contributed by atoms with Crippen molar-refractivity contribution in [2.75, 3.05) is 11.7 Å². The highest BCUT2D eigenvalue weighted by atomic mass is 32.2. The van der Waals surface area contributed by atoms with Gasteiger partial charge in [-0.2, -0.15) is 0 Å². The Labute approximate surface area is 111 Å². The highest BCUT2D eigenvalue weighted by Gasteiger charge is 2.05. The largest absolute Gasteiger partial charge is 0.488 e. The van der Waals surface area contributed by atoms with Crippen LogP contribution in [0.15, 0.2) is 47.5 Å². The first-order valence-corrected chi connectivity index (χ1v) is 6.74. The first-order valence-electron chi connectivity index (χ1n) is 5.51. The molecule has 2 rings (SSSR count). The van der Waals surface area contributed by atoms with Crippen LogP contribution >= 0.6 is 11.8 Å². The van der Waals surface area contributed by atoms with Gasteiger partial charge in [0.1, 0.15) is 18.2 Å². The van der Waals surface area contributed by atoms with Crippen LogP contribution in [0, 0.1) is 0 Å². The van der Waals surface area contributed by atoms with Crippen LogP contribution in [-0.2, 0) is 6.61 Å². The van der Waals surface area contributed by atoms with Crippen LogP contribution < -0.4 is 16.0 Å². The predicted octanol–water partition coefficient (Wildman–Crippen LogP) is 2.67. The van der Waals surface area contributed by atoms with Crippen molar-refractivity contribution in [2.24, 2.45) is 5.84 Å². The van der Waals surface area contributed by atoms with Crippen molar-refractivity contribution in [3.8, 4) is 5.75 Å². The van der Waals surface area contributed by atoms with Gasteiger partial charge in [0.2, 0.25) is 0 Å². The van der Waals surface area contributed by atoms with Gasteiger partial charge in [0.25, 0.3) is 0 Å². The lowest BCUT2D eigenvalue weighted by Crippen LogP contribution is -2.12. The maximum absolute atomic E-state index is 5.80. The summed E-state index contributed by atoms with van der Waals surface area (Å²) in [5, 5.41) is 0. The van der Waals surface area contributed by atoms with E-state index < -0.39 is 0 Å². The number of hydrazine groups is 1. The predicted molar refractivity (Wildman–Crippen MR) is 74.6 cm³/mol. The summed E-state index contributed by atoms with van der Waals surface area (Å²) in [6, 6.07) is 11.7. The van der Waals surface area contributed by atoms with E-state index in [9.17, 15) is 0 Å². The van der Waals surface area contributed by atoms with Gasteiger partial charge in [0, 0.05) is 16.7 Å². The topological polar surface area (TPSA) is 60.2 Å². The molecule has 0 spiro atoms. The minimum atomic E-state index is 0.435. The highest BCUT2D eigenvalue weighted by Crippen LogP contribution is 2.27. The second kappa shape index (κ2) is 6.28. The van der Waals surface area contributed by atoms with Crippen LogP contribution in [0.5, 0.6) is 5.75 Å². The molecule has 0 fully saturated rings. The molecule has 4 nitrogen and oxygen atoms in total. The van der Waals surface area contributed by atoms with Crippen LogP contribution in [0.4, 0.5) is 5.82 Å². The number of benzene rings is 1. The van der Waals surface area contributed by atoms with Crippen molar-refractivity contribution >= 4 is 17.6 Å². The van der Waals surface area contributed by atoms with Gasteiger partial charge in [-0.05, 0) is 24.5 Å². The monoisotopic (exact) mass is 261 g/mol. The molecule has 5 heteroatoms. The molecular weight excluding hydrogens is 246 g/mol. The van der Waals surface area contributed by atoms with E-state index in [-0.39, 0.29) is 0 Å². The van der Waals surface area contributed by atoms with Crippen LogP contribution in [0.25, 0.3) is 0 Å². The summed E-state index contributed by atoms with van der Waals surface area (Å²) in [7, 11) is 0. The number of nitrogen functional groups attached to an aromatic ring is 1. The van der Waals surface area contributed by atoms with Crippen LogP contribution in [-0.4, -0.2) is 11.2 Å². The van der Waals surface area contributed by atoms with E-state index in [4.69, 9.17) is 10.6 Å². The van der Waals surface area contributed by atoms with E-state index in [1.165, 1.54) is 0 Å². The third-order valence-electron chi connectivity index (χ3n) is 2.48. The number of hydrogen-bond donors (Lipinski definition) is 2. The molecule has 0 saturated carbocycles. The summed E-state index contributed by atoms with van der Waals surface area (Å²) >= 11 is 1.66. The SMILES string of the molecule is CSc1ccccc1OCc1cccnc1NN. The van der Waals surface area contributed by atoms with Crippen molar-refractivity contribution in [3.05, 3.63) is 48.2 Å². The molecule has 0 bridgehead atoms. The summed E-state index contributed by atoms with van der Waals surface area (Å²) < 4.78 is 5.80. The van der Waals surface area contributed by atoms with Crippen molar-refractivity contribution in [3.63, 3.8) is 0 Å². The maximum atomic E-state index is 5.80. The number of nitrogens with zero attached hydrogens (tertiary/aromatic N) is 1.